The van der Waals surface area contributed by atoms with E-state index in [4.69, 9.17) is 28.9 Å². The van der Waals surface area contributed by atoms with E-state index in [-0.39, 0.29) is 26.2 Å². The van der Waals surface area contributed by atoms with Crippen LogP contribution in [0.1, 0.15) is 15.9 Å². The number of hydrogen-bond donors (Lipinski definition) is 2. The van der Waals surface area contributed by atoms with Gasteiger partial charge in [0.05, 0.1) is 10.6 Å². The van der Waals surface area contributed by atoms with Crippen molar-refractivity contribution in [3.8, 4) is 0 Å². The van der Waals surface area contributed by atoms with E-state index in [9.17, 15) is 18.0 Å². The molecule has 0 radical (unpaired) electrons. The van der Waals surface area contributed by atoms with Gasteiger partial charge in [-0.2, -0.15) is 0 Å². The number of hydrogen-bond acceptors (Lipinski definition) is 4. The molecule has 0 aliphatic carbocycles. The van der Waals surface area contributed by atoms with Gasteiger partial charge in [0.2, 0.25) is 11.8 Å². The molecule has 3 rings (SSSR count). The van der Waals surface area contributed by atoms with Gasteiger partial charge in [-0.25, -0.2) is 8.42 Å². The highest BCUT2D eigenvalue weighted by Gasteiger charge is 2.28. The first-order chi connectivity index (χ1) is 15.1. The summed E-state index contributed by atoms with van der Waals surface area (Å²) >= 11 is 12.1. The Labute approximate surface area is 195 Å². The molecule has 0 fully saturated rings. The van der Waals surface area contributed by atoms with E-state index in [1.807, 2.05) is 6.92 Å². The number of anilines is 2. The predicted molar refractivity (Wildman–Crippen MR) is 126 cm³/mol. The zero-order valence-corrected chi connectivity index (χ0v) is 19.2. The largest absolute Gasteiger partial charge is 0.366 e. The summed E-state index contributed by atoms with van der Waals surface area (Å²) in [6.45, 7) is 1.30. The number of nitrogens with one attached hydrogen (secondary N) is 1. The standard InChI is InChI=1S/C22H19Cl2N3O4S/c1-14-2-8-20(9-3-14)32(30,31)27(19-11-16(23)10-17(24)12-19)13-21(28)26-18-6-4-15(5-7-18)22(25)29/h2-12H,13H2,1H3,(H2,25,29)(H,26,28). The molecule has 0 heterocycles. The Hall–Kier alpha value is -3.07. The van der Waals surface area contributed by atoms with Crippen molar-refractivity contribution in [1.29, 1.82) is 0 Å². The van der Waals surface area contributed by atoms with Crippen molar-refractivity contribution in [2.24, 2.45) is 5.73 Å². The van der Waals surface area contributed by atoms with Gasteiger partial charge in [-0.1, -0.05) is 40.9 Å². The number of nitrogens with zero attached hydrogens (tertiary/aromatic N) is 1. The highest BCUT2D eigenvalue weighted by Crippen LogP contribution is 2.30. The Kier molecular flexibility index (Phi) is 7.08. The Bertz CT molecular complexity index is 1240. The molecular weight excluding hydrogens is 473 g/mol. The average molecular weight is 492 g/mol. The molecule has 0 bridgehead atoms. The molecule has 0 aromatic heterocycles. The summed E-state index contributed by atoms with van der Waals surface area (Å²) in [6, 6.07) is 16.4. The van der Waals surface area contributed by atoms with Crippen molar-refractivity contribution < 1.29 is 18.0 Å². The minimum atomic E-state index is -4.12. The maximum Gasteiger partial charge on any atom is 0.264 e. The lowest BCUT2D eigenvalue weighted by Crippen LogP contribution is -2.38. The Balaban J connectivity index is 1.94. The Morgan fingerprint density at radius 1 is 0.938 bits per heavy atom. The van der Waals surface area contributed by atoms with Crippen LogP contribution in [0.2, 0.25) is 10.0 Å². The van der Waals surface area contributed by atoms with Gasteiger partial charge in [-0.05, 0) is 61.5 Å². The number of halogens is 2. The second-order valence-corrected chi connectivity index (χ2v) is 9.68. The van der Waals surface area contributed by atoms with Crippen LogP contribution in [0.25, 0.3) is 0 Å². The van der Waals surface area contributed by atoms with Crippen LogP contribution in [0.5, 0.6) is 0 Å². The minimum absolute atomic E-state index is 0.0119. The lowest BCUT2D eigenvalue weighted by atomic mass is 10.2. The van der Waals surface area contributed by atoms with E-state index < -0.39 is 28.4 Å². The summed E-state index contributed by atoms with van der Waals surface area (Å²) in [5.74, 6) is -1.21. The van der Waals surface area contributed by atoms with Crippen LogP contribution in [0.4, 0.5) is 11.4 Å². The maximum atomic E-state index is 13.4. The number of aryl methyl sites for hydroxylation is 1. The van der Waals surface area contributed by atoms with Gasteiger partial charge in [0.25, 0.3) is 10.0 Å². The number of carbonyl (C=O) groups is 2. The smallest absolute Gasteiger partial charge is 0.264 e. The third-order valence-electron chi connectivity index (χ3n) is 4.48. The lowest BCUT2D eigenvalue weighted by Gasteiger charge is -2.24. The van der Waals surface area contributed by atoms with Crippen LogP contribution in [0.3, 0.4) is 0 Å². The van der Waals surface area contributed by atoms with Crippen LogP contribution >= 0.6 is 23.2 Å². The normalized spacial score (nSPS) is 11.1. The second-order valence-electron chi connectivity index (χ2n) is 6.94. The third-order valence-corrected chi connectivity index (χ3v) is 6.71. The molecule has 0 atom stereocenters. The first kappa shape index (κ1) is 23.6. The summed E-state index contributed by atoms with van der Waals surface area (Å²) in [6.07, 6.45) is 0. The molecule has 0 aliphatic rings. The molecule has 0 unspecified atom stereocenters. The number of primary amides is 1. The van der Waals surface area contributed by atoms with Crippen LogP contribution in [-0.2, 0) is 14.8 Å². The topological polar surface area (TPSA) is 110 Å². The van der Waals surface area contributed by atoms with E-state index in [1.165, 1.54) is 54.6 Å². The third kappa shape index (κ3) is 5.59. The Morgan fingerprint density at radius 2 is 1.50 bits per heavy atom. The summed E-state index contributed by atoms with van der Waals surface area (Å²) in [7, 11) is -4.12. The quantitative estimate of drug-likeness (QED) is 0.514. The van der Waals surface area contributed by atoms with Crippen molar-refractivity contribution in [1.82, 2.24) is 0 Å². The average Bonchev–Trinajstić information content (AvgIpc) is 2.72. The molecule has 0 saturated heterocycles. The maximum absolute atomic E-state index is 13.4. The van der Waals surface area contributed by atoms with Crippen LogP contribution in [0.15, 0.2) is 71.6 Å². The molecule has 32 heavy (non-hydrogen) atoms. The lowest BCUT2D eigenvalue weighted by molar-refractivity contribution is -0.114. The zero-order chi connectivity index (χ0) is 23.5. The summed E-state index contributed by atoms with van der Waals surface area (Å²) in [4.78, 5) is 24.0. The number of benzene rings is 3. The number of nitrogens with two attached hydrogens (primary N) is 1. The van der Waals surface area contributed by atoms with Crippen molar-refractivity contribution in [2.75, 3.05) is 16.2 Å². The predicted octanol–water partition coefficient (Wildman–Crippen LogP) is 4.23. The van der Waals surface area contributed by atoms with Crippen LogP contribution in [0, 0.1) is 6.92 Å². The van der Waals surface area contributed by atoms with E-state index in [1.54, 1.807) is 12.1 Å². The molecule has 2 amide bonds. The fourth-order valence-corrected chi connectivity index (χ4v) is 4.80. The molecule has 0 spiro atoms. The van der Waals surface area contributed by atoms with E-state index in [2.05, 4.69) is 5.32 Å². The first-order valence-corrected chi connectivity index (χ1v) is 11.5. The number of sulfonamides is 1. The van der Waals surface area contributed by atoms with Gasteiger partial charge >= 0.3 is 0 Å². The van der Waals surface area contributed by atoms with Gasteiger partial charge in [-0.15, -0.1) is 0 Å². The molecule has 10 heteroatoms. The minimum Gasteiger partial charge on any atom is -0.366 e. The van der Waals surface area contributed by atoms with Crippen molar-refractivity contribution in [3.63, 3.8) is 0 Å². The van der Waals surface area contributed by atoms with Crippen molar-refractivity contribution in [3.05, 3.63) is 87.9 Å². The fraction of sp³-hybridized carbons (Fsp3) is 0.0909. The van der Waals surface area contributed by atoms with E-state index in [0.29, 0.717) is 5.69 Å². The van der Waals surface area contributed by atoms with E-state index in [0.717, 1.165) is 9.87 Å². The van der Waals surface area contributed by atoms with E-state index >= 15 is 0 Å². The highest BCUT2D eigenvalue weighted by atomic mass is 35.5. The van der Waals surface area contributed by atoms with Crippen molar-refractivity contribution >= 4 is 56.4 Å². The number of rotatable bonds is 7. The molecule has 3 aromatic rings. The molecule has 3 aromatic carbocycles. The number of carbonyl (C=O) groups excluding carboxylic acids is 2. The van der Waals surface area contributed by atoms with Crippen molar-refractivity contribution in [2.45, 2.75) is 11.8 Å². The van der Waals surface area contributed by atoms with Gasteiger partial charge < -0.3 is 11.1 Å². The molecule has 7 nitrogen and oxygen atoms in total. The zero-order valence-electron chi connectivity index (χ0n) is 16.9. The summed E-state index contributed by atoms with van der Waals surface area (Å²) in [5.41, 5.74) is 6.89. The second kappa shape index (κ2) is 9.60. The molecule has 3 N–H and O–H groups in total. The van der Waals surface area contributed by atoms with Crippen LogP contribution < -0.4 is 15.4 Å². The molecule has 0 aliphatic heterocycles. The summed E-state index contributed by atoms with van der Waals surface area (Å²) < 4.78 is 27.7. The van der Waals surface area contributed by atoms with Gasteiger partial charge in [-0.3, -0.25) is 13.9 Å². The fourth-order valence-electron chi connectivity index (χ4n) is 2.88. The van der Waals surface area contributed by atoms with Gasteiger partial charge in [0.15, 0.2) is 0 Å². The first-order valence-electron chi connectivity index (χ1n) is 9.31. The Morgan fingerprint density at radius 3 is 2.03 bits per heavy atom. The summed E-state index contributed by atoms with van der Waals surface area (Å²) in [5, 5.41) is 3.05. The number of amides is 2. The van der Waals surface area contributed by atoms with Gasteiger partial charge in [0.1, 0.15) is 6.54 Å². The van der Waals surface area contributed by atoms with Gasteiger partial charge in [0, 0.05) is 21.3 Å². The highest BCUT2D eigenvalue weighted by molar-refractivity contribution is 7.92. The monoisotopic (exact) mass is 491 g/mol. The SMILES string of the molecule is Cc1ccc(S(=O)(=O)N(CC(=O)Nc2ccc(C(N)=O)cc2)c2cc(Cl)cc(Cl)c2)cc1. The van der Waals surface area contributed by atoms with Crippen LogP contribution in [-0.4, -0.2) is 26.8 Å². The molecule has 166 valence electrons. The molecule has 0 saturated carbocycles. The molecular formula is C22H19Cl2N3O4S.